The minimum absolute atomic E-state index is 0.316. The third kappa shape index (κ3) is 4.14. The number of aromatic carboxylic acids is 1. The molecule has 1 aliphatic heterocycles. The van der Waals surface area contributed by atoms with Crippen molar-refractivity contribution in [2.45, 2.75) is 57.7 Å². The molecule has 1 N–H and O–H groups in total. The Bertz CT molecular complexity index is 894. The lowest BCUT2D eigenvalue weighted by molar-refractivity contribution is -0.356. The first-order valence-electron chi connectivity index (χ1n) is 10.0. The van der Waals surface area contributed by atoms with E-state index in [1.807, 2.05) is 31.2 Å². The van der Waals surface area contributed by atoms with Gasteiger partial charge in [-0.15, -0.1) is 13.2 Å². The maximum absolute atomic E-state index is 12.3. The number of hydrogen-bond donors (Lipinski definition) is 1. The quantitative estimate of drug-likeness (QED) is 0.793. The Balaban J connectivity index is 1.36. The number of para-hydroxylation sites is 1. The molecule has 2 fully saturated rings. The second kappa shape index (κ2) is 7.65. The molecule has 0 spiro atoms. The normalized spacial score (nSPS) is 24.0. The minimum Gasteiger partial charge on any atom is -0.478 e. The highest BCUT2D eigenvalue weighted by molar-refractivity contribution is 6.05. The van der Waals surface area contributed by atoms with Crippen LogP contribution in [0.15, 0.2) is 24.3 Å². The number of benzene rings is 1. The van der Waals surface area contributed by atoms with E-state index in [1.165, 1.54) is 0 Å². The predicted octanol–water partition coefficient (Wildman–Crippen LogP) is 4.43. The van der Waals surface area contributed by atoms with E-state index >= 15 is 0 Å². The molecule has 158 valence electrons. The molecular weight excluding hydrogens is 385 g/mol. The van der Waals surface area contributed by atoms with Gasteiger partial charge in [0, 0.05) is 42.3 Å². The van der Waals surface area contributed by atoms with Crippen molar-refractivity contribution in [2.75, 3.05) is 13.1 Å². The summed E-state index contributed by atoms with van der Waals surface area (Å²) in [6, 6.07) is 7.90. The molecule has 2 heterocycles. The van der Waals surface area contributed by atoms with E-state index in [9.17, 15) is 23.1 Å². The molecule has 8 heteroatoms. The highest BCUT2D eigenvalue weighted by Crippen LogP contribution is 2.35. The van der Waals surface area contributed by atoms with Crippen LogP contribution in [-0.2, 0) is 11.3 Å². The molecule has 1 saturated carbocycles. The number of hydrogen-bond acceptors (Lipinski definition) is 3. The van der Waals surface area contributed by atoms with Crippen molar-refractivity contribution in [1.29, 1.82) is 0 Å². The van der Waals surface area contributed by atoms with E-state index in [-0.39, 0.29) is 0 Å². The molecule has 1 aromatic heterocycles. The zero-order valence-corrected chi connectivity index (χ0v) is 16.3. The van der Waals surface area contributed by atoms with E-state index in [1.54, 1.807) is 0 Å². The number of carbonyl (C=O) groups is 1. The summed E-state index contributed by atoms with van der Waals surface area (Å²) in [5.74, 6) is -0.472. The van der Waals surface area contributed by atoms with Crippen LogP contribution in [0.4, 0.5) is 13.2 Å². The van der Waals surface area contributed by atoms with Gasteiger partial charge < -0.3 is 9.67 Å². The summed E-state index contributed by atoms with van der Waals surface area (Å²) in [5, 5.41) is 10.4. The maximum atomic E-state index is 12.3. The standard InChI is InChI=1S/C21H25F3N2O3/c1-13-19(20(27)28)17-4-2-3-5-18(17)26(13)10-14-6-8-15(9-7-14)25-11-16(12-25)29-21(22,23)24/h2-5,14-16H,6-12H2,1H3,(H,27,28). The number of halogens is 3. The molecule has 29 heavy (non-hydrogen) atoms. The van der Waals surface area contributed by atoms with Crippen molar-refractivity contribution in [3.05, 3.63) is 35.5 Å². The first-order valence-corrected chi connectivity index (χ1v) is 10.0. The Kier molecular flexibility index (Phi) is 5.33. The zero-order valence-electron chi connectivity index (χ0n) is 16.3. The Hall–Kier alpha value is -2.06. The van der Waals surface area contributed by atoms with E-state index < -0.39 is 18.4 Å². The van der Waals surface area contributed by atoms with Crippen molar-refractivity contribution >= 4 is 16.9 Å². The summed E-state index contributed by atoms with van der Waals surface area (Å²) in [4.78, 5) is 13.8. The lowest BCUT2D eigenvalue weighted by atomic mass is 9.84. The van der Waals surface area contributed by atoms with Crippen LogP contribution in [0.3, 0.4) is 0 Å². The highest BCUT2D eigenvalue weighted by atomic mass is 19.4. The van der Waals surface area contributed by atoms with Crippen LogP contribution in [0.2, 0.25) is 0 Å². The summed E-state index contributed by atoms with van der Waals surface area (Å²) in [6.45, 7) is 3.32. The molecule has 0 unspecified atom stereocenters. The van der Waals surface area contributed by atoms with Gasteiger partial charge in [-0.25, -0.2) is 4.79 Å². The molecule has 1 aliphatic carbocycles. The molecule has 4 rings (SSSR count). The van der Waals surface area contributed by atoms with Crippen molar-refractivity contribution in [1.82, 2.24) is 9.47 Å². The highest BCUT2D eigenvalue weighted by Gasteiger charge is 2.41. The van der Waals surface area contributed by atoms with Crippen molar-refractivity contribution in [3.63, 3.8) is 0 Å². The summed E-state index contributed by atoms with van der Waals surface area (Å²) in [5.41, 5.74) is 2.08. The number of nitrogens with zero attached hydrogens (tertiary/aromatic N) is 2. The van der Waals surface area contributed by atoms with Crippen LogP contribution in [0.1, 0.15) is 41.7 Å². The fourth-order valence-corrected chi connectivity index (χ4v) is 4.92. The van der Waals surface area contributed by atoms with Gasteiger partial charge in [0.1, 0.15) is 0 Å². The molecule has 2 aromatic rings. The van der Waals surface area contributed by atoms with Gasteiger partial charge in [-0.2, -0.15) is 0 Å². The van der Waals surface area contributed by atoms with Gasteiger partial charge in [-0.05, 0) is 44.6 Å². The van der Waals surface area contributed by atoms with Crippen molar-refractivity contribution < 1.29 is 27.8 Å². The SMILES string of the molecule is Cc1c(C(=O)O)c2ccccc2n1CC1CCC(N2CC(OC(F)(F)F)C2)CC1. The first kappa shape index (κ1) is 20.2. The van der Waals surface area contributed by atoms with Crippen molar-refractivity contribution in [2.24, 2.45) is 5.92 Å². The third-order valence-electron chi connectivity index (χ3n) is 6.39. The van der Waals surface area contributed by atoms with Gasteiger partial charge >= 0.3 is 12.3 Å². The number of carboxylic acids is 1. The molecule has 1 saturated heterocycles. The van der Waals surface area contributed by atoms with Crippen LogP contribution in [0, 0.1) is 12.8 Å². The fraction of sp³-hybridized carbons (Fsp3) is 0.571. The number of aromatic nitrogens is 1. The van der Waals surface area contributed by atoms with Gasteiger partial charge in [0.05, 0.1) is 11.7 Å². The number of likely N-dealkylation sites (tertiary alicyclic amines) is 1. The molecule has 0 radical (unpaired) electrons. The van der Waals surface area contributed by atoms with Crippen LogP contribution in [0.5, 0.6) is 0 Å². The predicted molar refractivity (Wildman–Crippen MR) is 102 cm³/mol. The molecule has 0 bridgehead atoms. The van der Waals surface area contributed by atoms with Gasteiger partial charge in [-0.3, -0.25) is 9.64 Å². The summed E-state index contributed by atoms with van der Waals surface area (Å²) in [7, 11) is 0. The molecule has 1 aromatic carbocycles. The van der Waals surface area contributed by atoms with Crippen LogP contribution in [-0.4, -0.2) is 52.1 Å². The minimum atomic E-state index is -4.55. The zero-order chi connectivity index (χ0) is 20.8. The summed E-state index contributed by atoms with van der Waals surface area (Å²) >= 11 is 0. The molecule has 2 aliphatic rings. The smallest absolute Gasteiger partial charge is 0.478 e. The van der Waals surface area contributed by atoms with Gasteiger partial charge in [-0.1, -0.05) is 18.2 Å². The average Bonchev–Trinajstić information content (AvgIpc) is 2.90. The molecule has 0 atom stereocenters. The number of ether oxygens (including phenoxy) is 1. The van der Waals surface area contributed by atoms with Gasteiger partial charge in [0.2, 0.25) is 0 Å². The average molecular weight is 410 g/mol. The third-order valence-corrected chi connectivity index (χ3v) is 6.39. The van der Waals surface area contributed by atoms with Crippen LogP contribution >= 0.6 is 0 Å². The molecule has 5 nitrogen and oxygen atoms in total. The summed E-state index contributed by atoms with van der Waals surface area (Å²) < 4.78 is 43.0. The lowest BCUT2D eigenvalue weighted by Gasteiger charge is -2.46. The monoisotopic (exact) mass is 410 g/mol. The Morgan fingerprint density at radius 3 is 2.45 bits per heavy atom. The number of alkyl halides is 3. The second-order valence-corrected chi connectivity index (χ2v) is 8.21. The number of carboxylic acid groups (broad SMARTS) is 1. The Labute approximate surface area is 167 Å². The van der Waals surface area contributed by atoms with Crippen LogP contribution < -0.4 is 0 Å². The second-order valence-electron chi connectivity index (χ2n) is 8.21. The van der Waals surface area contributed by atoms with Gasteiger partial charge in [0.15, 0.2) is 0 Å². The Morgan fingerprint density at radius 1 is 1.17 bits per heavy atom. The summed E-state index contributed by atoms with van der Waals surface area (Å²) in [6.07, 6.45) is -1.42. The first-order chi connectivity index (χ1) is 13.7. The topological polar surface area (TPSA) is 54.7 Å². The molecular formula is C21H25F3N2O3. The van der Waals surface area contributed by atoms with Crippen molar-refractivity contribution in [3.8, 4) is 0 Å². The fourth-order valence-electron chi connectivity index (χ4n) is 4.92. The Morgan fingerprint density at radius 2 is 1.83 bits per heavy atom. The number of fused-ring (bicyclic) bond motifs is 1. The number of rotatable bonds is 5. The lowest BCUT2D eigenvalue weighted by Crippen LogP contribution is -2.58. The molecule has 0 amide bonds. The maximum Gasteiger partial charge on any atom is 0.522 e. The largest absolute Gasteiger partial charge is 0.522 e. The van der Waals surface area contributed by atoms with Crippen LogP contribution in [0.25, 0.3) is 10.9 Å². The van der Waals surface area contributed by atoms with E-state index in [0.29, 0.717) is 30.6 Å². The van der Waals surface area contributed by atoms with E-state index in [0.717, 1.165) is 48.8 Å². The van der Waals surface area contributed by atoms with Gasteiger partial charge in [0.25, 0.3) is 0 Å². The van der Waals surface area contributed by atoms with E-state index in [4.69, 9.17) is 0 Å². The van der Waals surface area contributed by atoms with E-state index in [2.05, 4.69) is 14.2 Å².